The quantitative estimate of drug-likeness (QED) is 0.673. The molecule has 1 fully saturated rings. The van der Waals surface area contributed by atoms with Crippen molar-refractivity contribution < 1.29 is 14.2 Å². The molecule has 0 amide bonds. The summed E-state index contributed by atoms with van der Waals surface area (Å²) in [6.45, 7) is 9.10. The van der Waals surface area contributed by atoms with Crippen LogP contribution in [0.3, 0.4) is 0 Å². The SMILES string of the molecule is CC(C)(C)OCCC1COCCO1. The molecule has 0 spiro atoms. The maximum absolute atomic E-state index is 5.60. The molecule has 0 bridgehead atoms. The first-order chi connectivity index (χ1) is 6.08. The van der Waals surface area contributed by atoms with Crippen molar-refractivity contribution in [2.45, 2.75) is 38.9 Å². The van der Waals surface area contributed by atoms with Gasteiger partial charge in [0.2, 0.25) is 0 Å². The summed E-state index contributed by atoms with van der Waals surface area (Å²) in [5, 5.41) is 0. The number of hydrogen-bond donors (Lipinski definition) is 0. The van der Waals surface area contributed by atoms with Gasteiger partial charge in [-0.05, 0) is 27.2 Å². The minimum atomic E-state index is -0.0461. The molecular weight excluding hydrogens is 168 g/mol. The first-order valence-corrected chi connectivity index (χ1v) is 4.91. The van der Waals surface area contributed by atoms with Crippen LogP contribution in [0.4, 0.5) is 0 Å². The van der Waals surface area contributed by atoms with Crippen LogP contribution in [0.15, 0.2) is 0 Å². The fraction of sp³-hybridized carbons (Fsp3) is 1.00. The Morgan fingerprint density at radius 1 is 1.31 bits per heavy atom. The van der Waals surface area contributed by atoms with Gasteiger partial charge in [-0.15, -0.1) is 0 Å². The van der Waals surface area contributed by atoms with E-state index < -0.39 is 0 Å². The monoisotopic (exact) mass is 188 g/mol. The second-order valence-corrected chi connectivity index (χ2v) is 4.32. The van der Waals surface area contributed by atoms with Crippen LogP contribution in [0.25, 0.3) is 0 Å². The Morgan fingerprint density at radius 2 is 2.08 bits per heavy atom. The minimum Gasteiger partial charge on any atom is -0.376 e. The lowest BCUT2D eigenvalue weighted by Gasteiger charge is -2.25. The molecule has 78 valence electrons. The van der Waals surface area contributed by atoms with Crippen LogP contribution in [-0.2, 0) is 14.2 Å². The van der Waals surface area contributed by atoms with Crippen molar-refractivity contribution in [2.75, 3.05) is 26.4 Å². The molecule has 0 aromatic heterocycles. The molecule has 0 N–H and O–H groups in total. The fourth-order valence-electron chi connectivity index (χ4n) is 1.20. The molecule has 0 aromatic rings. The molecule has 0 aliphatic carbocycles. The summed E-state index contributed by atoms with van der Waals surface area (Å²) in [4.78, 5) is 0. The van der Waals surface area contributed by atoms with E-state index in [9.17, 15) is 0 Å². The van der Waals surface area contributed by atoms with Crippen molar-refractivity contribution in [3.8, 4) is 0 Å². The van der Waals surface area contributed by atoms with Crippen LogP contribution in [0.5, 0.6) is 0 Å². The normalized spacial score (nSPS) is 24.7. The Hall–Kier alpha value is -0.120. The lowest BCUT2D eigenvalue weighted by Crippen LogP contribution is -2.31. The largest absolute Gasteiger partial charge is 0.376 e. The molecule has 0 saturated carbocycles. The van der Waals surface area contributed by atoms with Crippen molar-refractivity contribution >= 4 is 0 Å². The Kier molecular flexibility index (Phi) is 4.16. The van der Waals surface area contributed by atoms with Crippen LogP contribution in [0.2, 0.25) is 0 Å². The topological polar surface area (TPSA) is 27.7 Å². The Balaban J connectivity index is 2.04. The first kappa shape index (κ1) is 11.0. The summed E-state index contributed by atoms with van der Waals surface area (Å²) in [6.07, 6.45) is 1.16. The Bertz CT molecular complexity index is 134. The lowest BCUT2D eigenvalue weighted by molar-refractivity contribution is -0.105. The van der Waals surface area contributed by atoms with Crippen molar-refractivity contribution in [3.05, 3.63) is 0 Å². The van der Waals surface area contributed by atoms with Crippen molar-refractivity contribution in [1.29, 1.82) is 0 Å². The summed E-state index contributed by atoms with van der Waals surface area (Å²) in [7, 11) is 0. The molecular formula is C10H20O3. The molecule has 1 heterocycles. The van der Waals surface area contributed by atoms with E-state index in [0.29, 0.717) is 6.61 Å². The third-order valence-corrected chi connectivity index (χ3v) is 1.86. The van der Waals surface area contributed by atoms with Gasteiger partial charge in [0.05, 0.1) is 31.5 Å². The van der Waals surface area contributed by atoms with Gasteiger partial charge in [-0.25, -0.2) is 0 Å². The predicted octanol–water partition coefficient (Wildman–Crippen LogP) is 1.61. The molecule has 1 aliphatic heterocycles. The Morgan fingerprint density at radius 3 is 2.62 bits per heavy atom. The highest BCUT2D eigenvalue weighted by Crippen LogP contribution is 2.10. The zero-order chi connectivity index (χ0) is 9.73. The molecule has 1 unspecified atom stereocenters. The van der Waals surface area contributed by atoms with E-state index in [0.717, 1.165) is 26.2 Å². The van der Waals surface area contributed by atoms with E-state index in [4.69, 9.17) is 14.2 Å². The molecule has 1 saturated heterocycles. The fourth-order valence-corrected chi connectivity index (χ4v) is 1.20. The summed E-state index contributed by atoms with van der Waals surface area (Å²) >= 11 is 0. The highest BCUT2D eigenvalue weighted by molar-refractivity contribution is 4.63. The van der Waals surface area contributed by atoms with E-state index in [-0.39, 0.29) is 11.7 Å². The van der Waals surface area contributed by atoms with Gasteiger partial charge in [0.25, 0.3) is 0 Å². The van der Waals surface area contributed by atoms with Gasteiger partial charge in [0, 0.05) is 6.61 Å². The van der Waals surface area contributed by atoms with E-state index >= 15 is 0 Å². The highest BCUT2D eigenvalue weighted by atomic mass is 16.6. The van der Waals surface area contributed by atoms with Crippen molar-refractivity contribution in [3.63, 3.8) is 0 Å². The first-order valence-electron chi connectivity index (χ1n) is 4.91. The minimum absolute atomic E-state index is 0.0461. The molecule has 1 rings (SSSR count). The zero-order valence-corrected chi connectivity index (χ0v) is 8.84. The van der Waals surface area contributed by atoms with Gasteiger partial charge in [0.15, 0.2) is 0 Å². The Labute approximate surface area is 80.4 Å². The van der Waals surface area contributed by atoms with Crippen molar-refractivity contribution in [2.24, 2.45) is 0 Å². The third-order valence-electron chi connectivity index (χ3n) is 1.86. The lowest BCUT2D eigenvalue weighted by atomic mass is 10.2. The average Bonchev–Trinajstić information content (AvgIpc) is 2.04. The average molecular weight is 188 g/mol. The van der Waals surface area contributed by atoms with Crippen LogP contribution in [-0.4, -0.2) is 38.1 Å². The summed E-state index contributed by atoms with van der Waals surface area (Å²) < 4.78 is 16.4. The highest BCUT2D eigenvalue weighted by Gasteiger charge is 2.16. The molecule has 1 atom stereocenters. The van der Waals surface area contributed by atoms with Gasteiger partial charge in [-0.1, -0.05) is 0 Å². The second kappa shape index (κ2) is 4.94. The van der Waals surface area contributed by atoms with Gasteiger partial charge in [0.1, 0.15) is 0 Å². The van der Waals surface area contributed by atoms with Gasteiger partial charge < -0.3 is 14.2 Å². The summed E-state index contributed by atoms with van der Waals surface area (Å²) in [5.41, 5.74) is -0.0461. The molecule has 1 aliphatic rings. The maximum atomic E-state index is 5.60. The molecule has 3 nitrogen and oxygen atoms in total. The van der Waals surface area contributed by atoms with Gasteiger partial charge in [-0.2, -0.15) is 0 Å². The summed E-state index contributed by atoms with van der Waals surface area (Å²) in [6, 6.07) is 0. The maximum Gasteiger partial charge on any atom is 0.0831 e. The molecule has 0 radical (unpaired) electrons. The molecule has 13 heavy (non-hydrogen) atoms. The predicted molar refractivity (Wildman–Crippen MR) is 50.9 cm³/mol. The van der Waals surface area contributed by atoms with Crippen LogP contribution in [0.1, 0.15) is 27.2 Å². The van der Waals surface area contributed by atoms with E-state index in [1.807, 2.05) is 0 Å². The summed E-state index contributed by atoms with van der Waals surface area (Å²) in [5.74, 6) is 0. The molecule has 3 heteroatoms. The van der Waals surface area contributed by atoms with Crippen molar-refractivity contribution in [1.82, 2.24) is 0 Å². The van der Waals surface area contributed by atoms with Gasteiger partial charge in [-0.3, -0.25) is 0 Å². The second-order valence-electron chi connectivity index (χ2n) is 4.32. The number of hydrogen-bond acceptors (Lipinski definition) is 3. The van der Waals surface area contributed by atoms with E-state index in [2.05, 4.69) is 20.8 Å². The number of rotatable bonds is 3. The van der Waals surface area contributed by atoms with Gasteiger partial charge >= 0.3 is 0 Å². The van der Waals surface area contributed by atoms with Crippen LogP contribution < -0.4 is 0 Å². The standard InChI is InChI=1S/C10H20O3/c1-10(2,3)13-5-4-9-8-11-6-7-12-9/h9H,4-8H2,1-3H3. The van der Waals surface area contributed by atoms with E-state index in [1.54, 1.807) is 0 Å². The smallest absolute Gasteiger partial charge is 0.0831 e. The van der Waals surface area contributed by atoms with Crippen LogP contribution in [0, 0.1) is 0 Å². The number of ether oxygens (including phenoxy) is 3. The molecule has 0 aromatic carbocycles. The zero-order valence-electron chi connectivity index (χ0n) is 8.84. The third kappa shape index (κ3) is 5.24. The van der Waals surface area contributed by atoms with Crippen LogP contribution >= 0.6 is 0 Å². The van der Waals surface area contributed by atoms with E-state index in [1.165, 1.54) is 0 Å².